The second kappa shape index (κ2) is 22.3. The second-order valence-electron chi connectivity index (χ2n) is 7.07. The van der Waals surface area contributed by atoms with Crippen molar-refractivity contribution in [3.05, 3.63) is 38.4 Å². The van der Waals surface area contributed by atoms with Gasteiger partial charge in [0.25, 0.3) is 11.4 Å². The quantitative estimate of drug-likeness (QED) is 0.0845. The number of nitrogens with zero attached hydrogens (tertiary/aromatic N) is 2. The van der Waals surface area contributed by atoms with Crippen LogP contribution in [0.1, 0.15) is 0 Å². The molecule has 0 aliphatic rings. The van der Waals surface area contributed by atoms with Crippen molar-refractivity contribution in [2.75, 3.05) is 104 Å². The number of non-ortho nitro benzene ring substituents is 1. The molecule has 0 spiro atoms. The van der Waals surface area contributed by atoms with Crippen LogP contribution < -0.4 is 5.32 Å². The Kier molecular flexibility index (Phi) is 19.4. The SMILES string of the molecule is C#CCOCCOCCOCCOCCOCCOCCOCCNc1ccc([N+](=O)[O-])cc1[N+](=O)[O-]. The highest BCUT2D eigenvalue weighted by atomic mass is 16.6. The molecular weight excluding hydrogens is 494 g/mol. The Morgan fingerprint density at radius 3 is 1.51 bits per heavy atom. The minimum atomic E-state index is -0.682. The lowest BCUT2D eigenvalue weighted by molar-refractivity contribution is -0.393. The number of hydrogen-bond donors (Lipinski definition) is 1. The summed E-state index contributed by atoms with van der Waals surface area (Å²) in [6, 6.07) is 3.42. The summed E-state index contributed by atoms with van der Waals surface area (Å²) in [6.45, 7) is 6.17. The van der Waals surface area contributed by atoms with Gasteiger partial charge in [0.05, 0.1) is 102 Å². The van der Waals surface area contributed by atoms with E-state index in [4.69, 9.17) is 39.6 Å². The van der Waals surface area contributed by atoms with Gasteiger partial charge in [0.2, 0.25) is 0 Å². The Labute approximate surface area is 215 Å². The van der Waals surface area contributed by atoms with Gasteiger partial charge in [-0.1, -0.05) is 5.92 Å². The summed E-state index contributed by atoms with van der Waals surface area (Å²) in [7, 11) is 0. The van der Waals surface area contributed by atoms with E-state index in [0.717, 1.165) is 6.07 Å². The highest BCUT2D eigenvalue weighted by molar-refractivity contribution is 5.65. The van der Waals surface area contributed by atoms with E-state index in [0.29, 0.717) is 85.8 Å². The molecule has 0 saturated heterocycles. The molecule has 14 nitrogen and oxygen atoms in total. The van der Waals surface area contributed by atoms with Crippen molar-refractivity contribution in [1.82, 2.24) is 0 Å². The third kappa shape index (κ3) is 17.2. The predicted octanol–water partition coefficient (Wildman–Crippen LogP) is 1.66. The van der Waals surface area contributed by atoms with Crippen LogP contribution in [0, 0.1) is 32.6 Å². The van der Waals surface area contributed by atoms with Crippen molar-refractivity contribution >= 4 is 17.1 Å². The molecule has 1 aromatic carbocycles. The zero-order valence-electron chi connectivity index (χ0n) is 20.8. The molecule has 0 fully saturated rings. The van der Waals surface area contributed by atoms with Crippen molar-refractivity contribution < 1.29 is 43.0 Å². The first-order valence-electron chi connectivity index (χ1n) is 11.7. The van der Waals surface area contributed by atoms with Crippen LogP contribution in [0.4, 0.5) is 17.1 Å². The largest absolute Gasteiger partial charge is 0.377 e. The van der Waals surface area contributed by atoms with Gasteiger partial charge in [-0.25, -0.2) is 0 Å². The molecule has 0 heterocycles. The van der Waals surface area contributed by atoms with Crippen LogP contribution in [0.3, 0.4) is 0 Å². The number of benzene rings is 1. The standard InChI is InChI=1S/C23H35N3O11/c1-2-6-31-8-10-33-12-14-35-16-18-37-19-17-36-15-13-34-11-9-32-7-5-24-22-4-3-21(25(27)28)20-23(22)26(29)30/h1,3-4,20,24H,5-19H2. The van der Waals surface area contributed by atoms with Crippen LogP contribution in [-0.2, 0) is 33.2 Å². The highest BCUT2D eigenvalue weighted by Gasteiger charge is 2.18. The normalized spacial score (nSPS) is 10.8. The number of nitro groups is 2. The maximum absolute atomic E-state index is 11.1. The smallest absolute Gasteiger partial charge is 0.299 e. The first kappa shape index (κ1) is 32.1. The molecule has 0 aliphatic heterocycles. The van der Waals surface area contributed by atoms with Gasteiger partial charge in [0.1, 0.15) is 12.3 Å². The summed E-state index contributed by atoms with van der Waals surface area (Å²) < 4.78 is 37.3. The minimum Gasteiger partial charge on any atom is -0.377 e. The van der Waals surface area contributed by atoms with E-state index in [1.807, 2.05) is 0 Å². The molecule has 0 amide bonds. The fraction of sp³-hybridized carbons (Fsp3) is 0.652. The first-order valence-corrected chi connectivity index (χ1v) is 11.7. The lowest BCUT2D eigenvalue weighted by Gasteiger charge is -2.09. The van der Waals surface area contributed by atoms with E-state index in [2.05, 4.69) is 11.2 Å². The Morgan fingerprint density at radius 2 is 1.11 bits per heavy atom. The summed E-state index contributed by atoms with van der Waals surface area (Å²) in [4.78, 5) is 20.5. The van der Waals surface area contributed by atoms with E-state index in [9.17, 15) is 20.2 Å². The first-order chi connectivity index (χ1) is 18.1. The molecule has 14 heteroatoms. The fourth-order valence-corrected chi connectivity index (χ4v) is 2.64. The van der Waals surface area contributed by atoms with E-state index in [-0.39, 0.29) is 30.3 Å². The number of anilines is 1. The molecule has 0 atom stereocenters. The van der Waals surface area contributed by atoms with Crippen LogP contribution in [0.2, 0.25) is 0 Å². The number of nitro benzene ring substituents is 2. The molecule has 0 saturated carbocycles. The molecule has 1 aromatic rings. The Hall–Kier alpha value is -2.90. The molecule has 1 rings (SSSR count). The van der Waals surface area contributed by atoms with Crippen LogP contribution in [0.5, 0.6) is 0 Å². The van der Waals surface area contributed by atoms with Crippen LogP contribution in [0.25, 0.3) is 0 Å². The van der Waals surface area contributed by atoms with Gasteiger partial charge >= 0.3 is 0 Å². The summed E-state index contributed by atoms with van der Waals surface area (Å²) >= 11 is 0. The second-order valence-corrected chi connectivity index (χ2v) is 7.07. The molecule has 0 aliphatic carbocycles. The molecule has 0 aromatic heterocycles. The van der Waals surface area contributed by atoms with Gasteiger partial charge in [-0.05, 0) is 6.07 Å². The molecule has 37 heavy (non-hydrogen) atoms. The van der Waals surface area contributed by atoms with Gasteiger partial charge < -0.3 is 38.5 Å². The van der Waals surface area contributed by atoms with E-state index >= 15 is 0 Å². The molecular formula is C23H35N3O11. The predicted molar refractivity (Wildman–Crippen MR) is 133 cm³/mol. The lowest BCUT2D eigenvalue weighted by atomic mass is 10.2. The summed E-state index contributed by atoms with van der Waals surface area (Å²) in [5, 5.41) is 24.7. The number of ether oxygens (including phenoxy) is 7. The maximum atomic E-state index is 11.1. The molecule has 0 unspecified atom stereocenters. The summed E-state index contributed by atoms with van der Waals surface area (Å²) in [5.41, 5.74) is -0.519. The minimum absolute atomic E-state index is 0.188. The number of terminal acetylenes is 1. The van der Waals surface area contributed by atoms with E-state index in [1.165, 1.54) is 12.1 Å². The average molecular weight is 530 g/mol. The Bertz CT molecular complexity index is 805. The van der Waals surface area contributed by atoms with Gasteiger partial charge in [0.15, 0.2) is 0 Å². The van der Waals surface area contributed by atoms with Crippen LogP contribution in [-0.4, -0.2) is 109 Å². The van der Waals surface area contributed by atoms with Gasteiger partial charge in [-0.15, -0.1) is 6.42 Å². The van der Waals surface area contributed by atoms with Crippen molar-refractivity contribution in [3.8, 4) is 12.3 Å². The Balaban J connectivity index is 1.85. The third-order valence-electron chi connectivity index (χ3n) is 4.37. The van der Waals surface area contributed by atoms with Gasteiger partial charge in [0, 0.05) is 12.6 Å². The van der Waals surface area contributed by atoms with Crippen molar-refractivity contribution in [2.24, 2.45) is 0 Å². The fourth-order valence-electron chi connectivity index (χ4n) is 2.64. The van der Waals surface area contributed by atoms with Crippen molar-refractivity contribution in [3.63, 3.8) is 0 Å². The van der Waals surface area contributed by atoms with Gasteiger partial charge in [-0.2, -0.15) is 0 Å². The number of hydrogen-bond acceptors (Lipinski definition) is 12. The molecule has 208 valence electrons. The topological polar surface area (TPSA) is 163 Å². The molecule has 0 bridgehead atoms. The zero-order chi connectivity index (χ0) is 27.0. The summed E-state index contributed by atoms with van der Waals surface area (Å²) in [5.74, 6) is 2.38. The Morgan fingerprint density at radius 1 is 0.676 bits per heavy atom. The molecule has 0 radical (unpaired) electrons. The summed E-state index contributed by atoms with van der Waals surface area (Å²) in [6.07, 6.45) is 5.06. The average Bonchev–Trinajstić information content (AvgIpc) is 2.89. The third-order valence-corrected chi connectivity index (χ3v) is 4.37. The number of rotatable bonds is 25. The van der Waals surface area contributed by atoms with Crippen LogP contribution >= 0.6 is 0 Å². The molecule has 1 N–H and O–H groups in total. The highest BCUT2D eigenvalue weighted by Crippen LogP contribution is 2.28. The van der Waals surface area contributed by atoms with Crippen molar-refractivity contribution in [2.45, 2.75) is 0 Å². The maximum Gasteiger partial charge on any atom is 0.299 e. The van der Waals surface area contributed by atoms with Crippen molar-refractivity contribution in [1.29, 1.82) is 0 Å². The van der Waals surface area contributed by atoms with E-state index in [1.54, 1.807) is 0 Å². The van der Waals surface area contributed by atoms with Gasteiger partial charge in [-0.3, -0.25) is 20.2 Å². The zero-order valence-corrected chi connectivity index (χ0v) is 20.8. The van der Waals surface area contributed by atoms with Crippen LogP contribution in [0.15, 0.2) is 18.2 Å². The lowest BCUT2D eigenvalue weighted by Crippen LogP contribution is -2.15. The monoisotopic (exact) mass is 529 g/mol. The number of nitrogens with one attached hydrogen (secondary N) is 1. The van der Waals surface area contributed by atoms with E-state index < -0.39 is 9.85 Å².